The van der Waals surface area contributed by atoms with Gasteiger partial charge >= 0.3 is 0 Å². The molecule has 1 aromatic carbocycles. The van der Waals surface area contributed by atoms with E-state index in [0.717, 1.165) is 19.6 Å². The first kappa shape index (κ1) is 12.9. The molecule has 1 unspecified atom stereocenters. The molecule has 1 N–H and O–H groups in total. The van der Waals surface area contributed by atoms with Gasteiger partial charge in [0.1, 0.15) is 0 Å². The summed E-state index contributed by atoms with van der Waals surface area (Å²) >= 11 is 3.63. The molecule has 1 aliphatic heterocycles. The van der Waals surface area contributed by atoms with E-state index < -0.39 is 0 Å². The van der Waals surface area contributed by atoms with Crippen LogP contribution < -0.4 is 10.2 Å². The number of rotatable bonds is 2. The number of nitrogens with zero attached hydrogens (tertiary/aromatic N) is 1. The van der Waals surface area contributed by atoms with E-state index >= 15 is 0 Å². The maximum absolute atomic E-state index is 3.63. The average molecular weight is 297 g/mol. The van der Waals surface area contributed by atoms with Gasteiger partial charge in [-0.15, -0.1) is 0 Å². The lowest BCUT2D eigenvalue weighted by Crippen LogP contribution is -2.53. The first-order valence-electron chi connectivity index (χ1n) is 6.33. The van der Waals surface area contributed by atoms with Crippen molar-refractivity contribution < 1.29 is 0 Å². The second-order valence-electron chi connectivity index (χ2n) is 5.14. The molecule has 1 saturated heterocycles. The van der Waals surface area contributed by atoms with E-state index in [1.165, 1.54) is 15.7 Å². The molecule has 1 atom stereocenters. The molecular formula is C14H21BrN2. The van der Waals surface area contributed by atoms with Gasteiger partial charge in [0.25, 0.3) is 0 Å². The molecule has 0 radical (unpaired) electrons. The molecule has 1 aromatic rings. The summed E-state index contributed by atoms with van der Waals surface area (Å²) in [6.07, 6.45) is 0. The van der Waals surface area contributed by atoms with Crippen LogP contribution in [0.4, 0.5) is 5.69 Å². The molecular weight excluding hydrogens is 276 g/mol. The number of piperazine rings is 1. The highest BCUT2D eigenvalue weighted by Crippen LogP contribution is 2.27. The monoisotopic (exact) mass is 296 g/mol. The van der Waals surface area contributed by atoms with Crippen molar-refractivity contribution in [1.82, 2.24) is 5.32 Å². The van der Waals surface area contributed by atoms with Crippen LogP contribution in [0, 0.1) is 12.8 Å². The van der Waals surface area contributed by atoms with Crippen molar-refractivity contribution in [3.05, 3.63) is 28.2 Å². The Bertz CT molecular complexity index is 390. The summed E-state index contributed by atoms with van der Waals surface area (Å²) < 4.78 is 1.20. The molecule has 0 amide bonds. The Hall–Kier alpha value is -0.540. The zero-order chi connectivity index (χ0) is 12.4. The van der Waals surface area contributed by atoms with Crippen LogP contribution in [0.1, 0.15) is 19.4 Å². The van der Waals surface area contributed by atoms with Gasteiger partial charge in [-0.25, -0.2) is 0 Å². The second kappa shape index (κ2) is 5.40. The van der Waals surface area contributed by atoms with Crippen molar-refractivity contribution in [3.8, 4) is 0 Å². The molecule has 1 aliphatic rings. The summed E-state index contributed by atoms with van der Waals surface area (Å²) in [6, 6.07) is 7.27. The molecule has 0 bridgehead atoms. The molecule has 0 spiro atoms. The zero-order valence-electron chi connectivity index (χ0n) is 10.8. The smallest absolute Gasteiger partial charge is 0.0438 e. The molecule has 2 nitrogen and oxygen atoms in total. The van der Waals surface area contributed by atoms with Crippen LogP contribution in [-0.2, 0) is 0 Å². The number of hydrogen-bond donors (Lipinski definition) is 1. The van der Waals surface area contributed by atoms with Crippen LogP contribution in [0.15, 0.2) is 22.7 Å². The van der Waals surface area contributed by atoms with Crippen LogP contribution in [0.5, 0.6) is 0 Å². The molecule has 1 fully saturated rings. The lowest BCUT2D eigenvalue weighted by Gasteiger charge is -2.40. The molecule has 94 valence electrons. The van der Waals surface area contributed by atoms with Crippen molar-refractivity contribution in [2.75, 3.05) is 24.5 Å². The maximum Gasteiger partial charge on any atom is 0.0438 e. The van der Waals surface area contributed by atoms with Crippen LogP contribution in [0.3, 0.4) is 0 Å². The van der Waals surface area contributed by atoms with E-state index in [2.05, 4.69) is 65.1 Å². The predicted octanol–water partition coefficient (Wildman–Crippen LogP) is 3.19. The summed E-state index contributed by atoms with van der Waals surface area (Å²) in [5.41, 5.74) is 2.63. The number of anilines is 1. The minimum absolute atomic E-state index is 0.596. The molecule has 0 aliphatic carbocycles. The average Bonchev–Trinajstić information content (AvgIpc) is 2.32. The molecule has 2 rings (SSSR count). The summed E-state index contributed by atoms with van der Waals surface area (Å²) in [6.45, 7) is 9.99. The van der Waals surface area contributed by atoms with Gasteiger partial charge in [0.2, 0.25) is 0 Å². The first-order chi connectivity index (χ1) is 8.09. The Labute approximate surface area is 113 Å². The van der Waals surface area contributed by atoms with E-state index in [0.29, 0.717) is 12.0 Å². The third-order valence-corrected chi connectivity index (χ3v) is 4.39. The van der Waals surface area contributed by atoms with Gasteiger partial charge < -0.3 is 10.2 Å². The summed E-state index contributed by atoms with van der Waals surface area (Å²) in [7, 11) is 0. The van der Waals surface area contributed by atoms with Gasteiger partial charge in [0, 0.05) is 35.8 Å². The quantitative estimate of drug-likeness (QED) is 0.902. The van der Waals surface area contributed by atoms with Crippen molar-refractivity contribution in [3.63, 3.8) is 0 Å². The molecule has 0 aromatic heterocycles. The highest BCUT2D eigenvalue weighted by atomic mass is 79.9. The molecule has 0 saturated carbocycles. The minimum Gasteiger partial charge on any atom is -0.366 e. The van der Waals surface area contributed by atoms with Gasteiger partial charge in [0.05, 0.1) is 0 Å². The van der Waals surface area contributed by atoms with Crippen LogP contribution in [0.25, 0.3) is 0 Å². The van der Waals surface area contributed by atoms with Gasteiger partial charge in [0.15, 0.2) is 0 Å². The van der Waals surface area contributed by atoms with Crippen molar-refractivity contribution >= 4 is 21.6 Å². The fourth-order valence-corrected chi connectivity index (χ4v) is 2.77. The van der Waals surface area contributed by atoms with Gasteiger partial charge in [-0.3, -0.25) is 0 Å². The largest absolute Gasteiger partial charge is 0.366 e. The van der Waals surface area contributed by atoms with Gasteiger partial charge in [-0.05, 0) is 30.5 Å². The van der Waals surface area contributed by atoms with Crippen molar-refractivity contribution in [1.29, 1.82) is 0 Å². The summed E-state index contributed by atoms with van der Waals surface area (Å²) in [4.78, 5) is 2.53. The first-order valence-corrected chi connectivity index (χ1v) is 7.12. The SMILES string of the molecule is Cc1ccc(N2CCNCC2C(C)C)cc1Br. The number of hydrogen-bond acceptors (Lipinski definition) is 2. The van der Waals surface area contributed by atoms with Crippen LogP contribution in [0.2, 0.25) is 0 Å². The van der Waals surface area contributed by atoms with Crippen molar-refractivity contribution in [2.24, 2.45) is 5.92 Å². The van der Waals surface area contributed by atoms with E-state index in [-0.39, 0.29) is 0 Å². The fourth-order valence-electron chi connectivity index (χ4n) is 2.40. The summed E-state index contributed by atoms with van der Waals surface area (Å²) in [5, 5.41) is 3.49. The van der Waals surface area contributed by atoms with E-state index in [4.69, 9.17) is 0 Å². The lowest BCUT2D eigenvalue weighted by molar-refractivity contribution is 0.390. The van der Waals surface area contributed by atoms with Crippen molar-refractivity contribution in [2.45, 2.75) is 26.8 Å². The zero-order valence-corrected chi connectivity index (χ0v) is 12.4. The predicted molar refractivity (Wildman–Crippen MR) is 77.7 cm³/mol. The third kappa shape index (κ3) is 2.83. The molecule has 17 heavy (non-hydrogen) atoms. The highest BCUT2D eigenvalue weighted by Gasteiger charge is 2.25. The van der Waals surface area contributed by atoms with E-state index in [1.54, 1.807) is 0 Å². The Kier molecular flexibility index (Phi) is 4.10. The van der Waals surface area contributed by atoms with E-state index in [9.17, 15) is 0 Å². The Morgan fingerprint density at radius 3 is 2.82 bits per heavy atom. The number of halogens is 1. The lowest BCUT2D eigenvalue weighted by atomic mass is 9.99. The fraction of sp³-hybridized carbons (Fsp3) is 0.571. The number of benzene rings is 1. The summed E-state index contributed by atoms with van der Waals surface area (Å²) in [5.74, 6) is 0.669. The Morgan fingerprint density at radius 1 is 1.41 bits per heavy atom. The van der Waals surface area contributed by atoms with Gasteiger partial charge in [-0.1, -0.05) is 35.8 Å². The van der Waals surface area contributed by atoms with Gasteiger partial charge in [-0.2, -0.15) is 0 Å². The minimum atomic E-state index is 0.596. The normalized spacial score (nSPS) is 21.0. The highest BCUT2D eigenvalue weighted by molar-refractivity contribution is 9.10. The Balaban J connectivity index is 2.26. The maximum atomic E-state index is 3.63. The number of aryl methyl sites for hydroxylation is 1. The third-order valence-electron chi connectivity index (χ3n) is 3.54. The molecule has 1 heterocycles. The topological polar surface area (TPSA) is 15.3 Å². The molecule has 3 heteroatoms. The van der Waals surface area contributed by atoms with Crippen LogP contribution in [-0.4, -0.2) is 25.7 Å². The second-order valence-corrected chi connectivity index (χ2v) is 6.00. The number of nitrogens with one attached hydrogen (secondary N) is 1. The van der Waals surface area contributed by atoms with E-state index in [1.807, 2.05) is 0 Å². The van der Waals surface area contributed by atoms with Crippen LogP contribution >= 0.6 is 15.9 Å². The standard InChI is InChI=1S/C14H21BrN2/c1-10(2)14-9-16-6-7-17(14)12-5-4-11(3)13(15)8-12/h4-5,8,10,14,16H,6-7,9H2,1-3H3. The Morgan fingerprint density at radius 2 is 2.18 bits per heavy atom.